The third kappa shape index (κ3) is 3.21. The molecule has 0 radical (unpaired) electrons. The summed E-state index contributed by atoms with van der Waals surface area (Å²) in [5.41, 5.74) is 1.30. The van der Waals surface area contributed by atoms with E-state index in [1.807, 2.05) is 12.1 Å². The molecule has 0 aliphatic carbocycles. The molecule has 1 aromatic heterocycles. The molecule has 23 heavy (non-hydrogen) atoms. The molecule has 0 N–H and O–H groups in total. The molecule has 0 spiro atoms. The van der Waals surface area contributed by atoms with Gasteiger partial charge in [-0.3, -0.25) is 4.79 Å². The van der Waals surface area contributed by atoms with Crippen LogP contribution in [0.1, 0.15) is 10.4 Å². The highest BCUT2D eigenvalue weighted by Crippen LogP contribution is 2.19. The summed E-state index contributed by atoms with van der Waals surface area (Å²) in [5.74, 6) is 1.87. The summed E-state index contributed by atoms with van der Waals surface area (Å²) in [6.07, 6.45) is 5.41. The lowest BCUT2D eigenvalue weighted by Gasteiger charge is -2.00. The molecule has 0 aliphatic rings. The van der Waals surface area contributed by atoms with Crippen LogP contribution in [-0.4, -0.2) is 10.5 Å². The van der Waals surface area contributed by atoms with Crippen molar-refractivity contribution < 1.29 is 9.18 Å². The number of halogens is 2. The first-order chi connectivity index (χ1) is 11.1. The Morgan fingerprint density at radius 1 is 1.35 bits per heavy atom. The number of rotatable bonds is 2. The van der Waals surface area contributed by atoms with Gasteiger partial charge < -0.3 is 4.57 Å². The first-order valence-electron chi connectivity index (χ1n) is 6.66. The standard InChI is InChI=1S/C17H10FIN2OS/c1-2-9-21-14-8-7-11(18)10-15(14)23-17(21)20-16(22)12-5-3-4-6-13(12)19/h1,3-8,10H,9H2. The predicted octanol–water partition coefficient (Wildman–Crippen LogP) is 3.82. The zero-order valence-electron chi connectivity index (χ0n) is 11.8. The quantitative estimate of drug-likeness (QED) is 0.445. The number of amides is 1. The molecule has 1 heterocycles. The molecular formula is C17H10FIN2OS. The van der Waals surface area contributed by atoms with E-state index in [9.17, 15) is 9.18 Å². The molecule has 114 valence electrons. The summed E-state index contributed by atoms with van der Waals surface area (Å²) in [6, 6.07) is 11.7. The number of nitrogens with zero attached hydrogens (tertiary/aromatic N) is 2. The third-order valence-electron chi connectivity index (χ3n) is 3.20. The van der Waals surface area contributed by atoms with Gasteiger partial charge in [0.1, 0.15) is 5.82 Å². The minimum atomic E-state index is -0.340. The van der Waals surface area contributed by atoms with Gasteiger partial charge in [0.05, 0.1) is 22.3 Å². The zero-order valence-corrected chi connectivity index (χ0v) is 14.8. The van der Waals surface area contributed by atoms with Crippen molar-refractivity contribution in [1.82, 2.24) is 4.57 Å². The average molecular weight is 436 g/mol. The van der Waals surface area contributed by atoms with Gasteiger partial charge in [-0.25, -0.2) is 4.39 Å². The van der Waals surface area contributed by atoms with Gasteiger partial charge >= 0.3 is 0 Å². The lowest BCUT2D eigenvalue weighted by molar-refractivity contribution is 0.0997. The summed E-state index contributed by atoms with van der Waals surface area (Å²) in [7, 11) is 0. The number of aromatic nitrogens is 1. The fourth-order valence-electron chi connectivity index (χ4n) is 2.16. The number of thiazole rings is 1. The summed E-state index contributed by atoms with van der Waals surface area (Å²) in [6.45, 7) is 0.267. The van der Waals surface area contributed by atoms with E-state index in [4.69, 9.17) is 6.42 Å². The van der Waals surface area contributed by atoms with Crippen LogP contribution in [0.3, 0.4) is 0 Å². The third-order valence-corrected chi connectivity index (χ3v) is 5.18. The molecule has 2 aromatic carbocycles. The van der Waals surface area contributed by atoms with Gasteiger partial charge in [0.2, 0.25) is 0 Å². The van der Waals surface area contributed by atoms with Crippen LogP contribution in [0.4, 0.5) is 4.39 Å². The highest BCUT2D eigenvalue weighted by molar-refractivity contribution is 14.1. The van der Waals surface area contributed by atoms with Crippen LogP contribution >= 0.6 is 33.9 Å². The largest absolute Gasteiger partial charge is 0.305 e. The fraction of sp³-hybridized carbons (Fsp3) is 0.0588. The van der Waals surface area contributed by atoms with Gasteiger partial charge in [-0.15, -0.1) is 6.42 Å². The molecule has 6 heteroatoms. The Morgan fingerprint density at radius 2 is 2.13 bits per heavy atom. The van der Waals surface area contributed by atoms with E-state index in [0.717, 1.165) is 9.09 Å². The number of terminal acetylenes is 1. The molecule has 3 nitrogen and oxygen atoms in total. The van der Waals surface area contributed by atoms with Crippen molar-refractivity contribution in [2.45, 2.75) is 6.54 Å². The predicted molar refractivity (Wildman–Crippen MR) is 97.7 cm³/mol. The van der Waals surface area contributed by atoms with E-state index in [-0.39, 0.29) is 18.3 Å². The number of carbonyl (C=O) groups excluding carboxylic acids is 1. The second-order valence-electron chi connectivity index (χ2n) is 4.68. The Bertz CT molecular complexity index is 1010. The lowest BCUT2D eigenvalue weighted by Crippen LogP contribution is -2.16. The fourth-order valence-corrected chi connectivity index (χ4v) is 3.83. The maximum atomic E-state index is 13.4. The zero-order chi connectivity index (χ0) is 16.4. The maximum absolute atomic E-state index is 13.4. The monoisotopic (exact) mass is 436 g/mol. The summed E-state index contributed by atoms with van der Waals surface area (Å²) in [5, 5.41) is 0. The molecule has 0 atom stereocenters. The SMILES string of the molecule is C#CCn1c(=NC(=O)c2ccccc2I)sc2cc(F)ccc21. The number of fused-ring (bicyclic) bond motifs is 1. The van der Waals surface area contributed by atoms with E-state index in [2.05, 4.69) is 33.5 Å². The second-order valence-corrected chi connectivity index (χ2v) is 6.86. The van der Waals surface area contributed by atoms with Gasteiger partial charge in [0.15, 0.2) is 4.80 Å². The first kappa shape index (κ1) is 15.9. The molecule has 0 unspecified atom stereocenters. The van der Waals surface area contributed by atoms with Gasteiger partial charge in [0.25, 0.3) is 5.91 Å². The van der Waals surface area contributed by atoms with Crippen LogP contribution in [0.25, 0.3) is 10.2 Å². The lowest BCUT2D eigenvalue weighted by atomic mass is 10.2. The average Bonchev–Trinajstić information content (AvgIpc) is 2.84. The van der Waals surface area contributed by atoms with E-state index in [1.165, 1.54) is 23.5 Å². The normalized spacial score (nSPS) is 11.6. The summed E-state index contributed by atoms with van der Waals surface area (Å²) in [4.78, 5) is 17.1. The molecule has 0 saturated carbocycles. The number of hydrogen-bond donors (Lipinski definition) is 0. The Hall–Kier alpha value is -1.98. The van der Waals surface area contributed by atoms with Crippen molar-refractivity contribution >= 4 is 50.1 Å². The minimum absolute atomic E-state index is 0.267. The number of hydrogen-bond acceptors (Lipinski definition) is 2. The molecular weight excluding hydrogens is 426 g/mol. The molecule has 0 saturated heterocycles. The van der Waals surface area contributed by atoms with Crippen LogP contribution in [0, 0.1) is 21.7 Å². The Morgan fingerprint density at radius 3 is 2.87 bits per heavy atom. The van der Waals surface area contributed by atoms with Crippen LogP contribution < -0.4 is 4.80 Å². The van der Waals surface area contributed by atoms with Crippen molar-refractivity contribution in [3.05, 3.63) is 62.2 Å². The highest BCUT2D eigenvalue weighted by atomic mass is 127. The van der Waals surface area contributed by atoms with E-state index >= 15 is 0 Å². The van der Waals surface area contributed by atoms with Gasteiger partial charge in [0, 0.05) is 3.57 Å². The molecule has 1 amide bonds. The van der Waals surface area contributed by atoms with Crippen LogP contribution in [-0.2, 0) is 6.54 Å². The first-order valence-corrected chi connectivity index (χ1v) is 8.55. The minimum Gasteiger partial charge on any atom is -0.305 e. The van der Waals surface area contributed by atoms with E-state index in [1.54, 1.807) is 22.8 Å². The van der Waals surface area contributed by atoms with Gasteiger partial charge in [-0.2, -0.15) is 4.99 Å². The van der Waals surface area contributed by atoms with Crippen molar-refractivity contribution in [1.29, 1.82) is 0 Å². The maximum Gasteiger partial charge on any atom is 0.280 e. The number of carbonyl (C=O) groups is 1. The molecule has 0 bridgehead atoms. The van der Waals surface area contributed by atoms with Crippen LogP contribution in [0.15, 0.2) is 47.5 Å². The van der Waals surface area contributed by atoms with Gasteiger partial charge in [-0.05, 0) is 52.9 Å². The smallest absolute Gasteiger partial charge is 0.280 e. The van der Waals surface area contributed by atoms with Crippen molar-refractivity contribution in [2.75, 3.05) is 0 Å². The molecule has 3 rings (SSSR count). The molecule has 3 aromatic rings. The Kier molecular flexibility index (Phi) is 4.59. The van der Waals surface area contributed by atoms with Crippen LogP contribution in [0.5, 0.6) is 0 Å². The Labute approximate surface area is 149 Å². The van der Waals surface area contributed by atoms with Crippen molar-refractivity contribution in [3.8, 4) is 12.3 Å². The Balaban J connectivity index is 2.19. The van der Waals surface area contributed by atoms with E-state index < -0.39 is 0 Å². The highest BCUT2D eigenvalue weighted by Gasteiger charge is 2.11. The number of benzene rings is 2. The van der Waals surface area contributed by atoms with Gasteiger partial charge in [-0.1, -0.05) is 29.4 Å². The summed E-state index contributed by atoms with van der Waals surface area (Å²) < 4.78 is 16.7. The molecule has 0 aliphatic heterocycles. The van der Waals surface area contributed by atoms with Crippen molar-refractivity contribution in [3.63, 3.8) is 0 Å². The topological polar surface area (TPSA) is 34.4 Å². The van der Waals surface area contributed by atoms with Crippen LogP contribution in [0.2, 0.25) is 0 Å². The second kappa shape index (κ2) is 6.64. The summed E-state index contributed by atoms with van der Waals surface area (Å²) >= 11 is 3.34. The molecule has 0 fully saturated rings. The van der Waals surface area contributed by atoms with E-state index in [0.29, 0.717) is 15.1 Å². The van der Waals surface area contributed by atoms with Crippen molar-refractivity contribution in [2.24, 2.45) is 4.99 Å².